The molecule has 3 atom stereocenters. The Labute approximate surface area is 89.2 Å². The van der Waals surface area contributed by atoms with Gasteiger partial charge in [0.05, 0.1) is 31.4 Å². The summed E-state index contributed by atoms with van der Waals surface area (Å²) in [6.07, 6.45) is -0.413. The highest BCUT2D eigenvalue weighted by Gasteiger charge is 2.27. The lowest BCUT2D eigenvalue weighted by Crippen LogP contribution is -2.40. The molecule has 1 aliphatic rings. The topological polar surface area (TPSA) is 54.6 Å². The van der Waals surface area contributed by atoms with Crippen molar-refractivity contribution in [3.63, 3.8) is 0 Å². The fraction of sp³-hybridized carbons (Fsp3) is 0.636. The first-order chi connectivity index (χ1) is 7.16. The van der Waals surface area contributed by atoms with E-state index in [1.165, 1.54) is 0 Å². The van der Waals surface area contributed by atoms with Crippen LogP contribution in [0.5, 0.6) is 0 Å². The summed E-state index contributed by atoms with van der Waals surface area (Å²) in [5.41, 5.74) is 0. The minimum absolute atomic E-state index is 0.00501. The van der Waals surface area contributed by atoms with Gasteiger partial charge < -0.3 is 19.6 Å². The molecule has 1 aromatic rings. The number of nitrogens with one attached hydrogen (secondary N) is 1. The summed E-state index contributed by atoms with van der Waals surface area (Å²) in [6.45, 7) is 4.92. The Hall–Kier alpha value is -0.840. The molecule has 2 heterocycles. The fourth-order valence-electron chi connectivity index (χ4n) is 1.79. The zero-order valence-corrected chi connectivity index (χ0v) is 9.06. The third kappa shape index (κ3) is 2.40. The highest BCUT2D eigenvalue weighted by molar-refractivity contribution is 5.09. The van der Waals surface area contributed by atoms with Crippen molar-refractivity contribution in [3.8, 4) is 0 Å². The molecule has 2 rings (SSSR count). The zero-order valence-electron chi connectivity index (χ0n) is 9.06. The number of ether oxygens (including phenoxy) is 1. The molecule has 15 heavy (non-hydrogen) atoms. The van der Waals surface area contributed by atoms with Crippen molar-refractivity contribution in [1.29, 1.82) is 0 Å². The highest BCUT2D eigenvalue weighted by Crippen LogP contribution is 2.18. The number of aliphatic hydroxyl groups is 1. The standard InChI is InChI=1S/C11H17NO3/c1-7-3-4-11(15-7)8(2)12-9-5-14-6-10(9)13/h3-4,8-10,12-13H,5-6H2,1-2H3. The second-order valence-electron chi connectivity index (χ2n) is 4.05. The van der Waals surface area contributed by atoms with Crippen LogP contribution in [-0.4, -0.2) is 30.5 Å². The van der Waals surface area contributed by atoms with Gasteiger partial charge in [-0.05, 0) is 26.0 Å². The lowest BCUT2D eigenvalue weighted by molar-refractivity contribution is 0.121. The lowest BCUT2D eigenvalue weighted by atomic mass is 10.1. The normalized spacial score (nSPS) is 28.2. The van der Waals surface area contributed by atoms with E-state index in [-0.39, 0.29) is 12.1 Å². The summed E-state index contributed by atoms with van der Waals surface area (Å²) in [6, 6.07) is 4.00. The molecule has 1 saturated heterocycles. The summed E-state index contributed by atoms with van der Waals surface area (Å²) in [4.78, 5) is 0. The minimum Gasteiger partial charge on any atom is -0.465 e. The van der Waals surface area contributed by atoms with Crippen molar-refractivity contribution < 1.29 is 14.3 Å². The maximum absolute atomic E-state index is 9.57. The summed E-state index contributed by atoms with van der Waals surface area (Å²) >= 11 is 0. The summed E-state index contributed by atoms with van der Waals surface area (Å²) in [7, 11) is 0. The van der Waals surface area contributed by atoms with Crippen molar-refractivity contribution in [2.45, 2.75) is 32.0 Å². The molecule has 1 aromatic heterocycles. The van der Waals surface area contributed by atoms with Crippen LogP contribution in [-0.2, 0) is 4.74 Å². The van der Waals surface area contributed by atoms with Crippen LogP contribution in [0, 0.1) is 6.92 Å². The minimum atomic E-state index is -0.413. The van der Waals surface area contributed by atoms with Crippen LogP contribution in [0.2, 0.25) is 0 Å². The van der Waals surface area contributed by atoms with E-state index in [1.54, 1.807) is 0 Å². The van der Waals surface area contributed by atoms with E-state index >= 15 is 0 Å². The molecule has 0 aliphatic carbocycles. The number of hydrogen-bond acceptors (Lipinski definition) is 4. The Morgan fingerprint density at radius 1 is 1.47 bits per heavy atom. The van der Waals surface area contributed by atoms with E-state index in [9.17, 15) is 5.11 Å². The molecular weight excluding hydrogens is 194 g/mol. The molecule has 4 nitrogen and oxygen atoms in total. The van der Waals surface area contributed by atoms with Crippen molar-refractivity contribution in [2.75, 3.05) is 13.2 Å². The Balaban J connectivity index is 1.94. The number of aliphatic hydroxyl groups excluding tert-OH is 1. The van der Waals surface area contributed by atoms with Crippen LogP contribution in [0.4, 0.5) is 0 Å². The lowest BCUT2D eigenvalue weighted by Gasteiger charge is -2.19. The van der Waals surface area contributed by atoms with Crippen LogP contribution in [0.3, 0.4) is 0 Å². The van der Waals surface area contributed by atoms with Crippen molar-refractivity contribution >= 4 is 0 Å². The molecule has 2 N–H and O–H groups in total. The maximum Gasteiger partial charge on any atom is 0.120 e. The van der Waals surface area contributed by atoms with E-state index < -0.39 is 6.10 Å². The first kappa shape index (κ1) is 10.7. The van der Waals surface area contributed by atoms with Gasteiger partial charge in [0, 0.05) is 0 Å². The predicted octanol–water partition coefficient (Wildman–Crippen LogP) is 0.998. The zero-order chi connectivity index (χ0) is 10.8. The van der Waals surface area contributed by atoms with Crippen LogP contribution < -0.4 is 5.32 Å². The van der Waals surface area contributed by atoms with E-state index in [4.69, 9.17) is 9.15 Å². The van der Waals surface area contributed by atoms with Crippen molar-refractivity contribution in [2.24, 2.45) is 0 Å². The monoisotopic (exact) mass is 211 g/mol. The molecule has 0 amide bonds. The summed E-state index contributed by atoms with van der Waals surface area (Å²) in [5.74, 6) is 1.80. The number of aryl methyl sites for hydroxylation is 1. The molecular formula is C11H17NO3. The van der Waals surface area contributed by atoms with Gasteiger partial charge in [0.1, 0.15) is 11.5 Å². The van der Waals surface area contributed by atoms with Crippen LogP contribution >= 0.6 is 0 Å². The van der Waals surface area contributed by atoms with Crippen molar-refractivity contribution in [3.05, 3.63) is 23.7 Å². The summed E-state index contributed by atoms with van der Waals surface area (Å²) < 4.78 is 10.7. The van der Waals surface area contributed by atoms with Gasteiger partial charge in [0.15, 0.2) is 0 Å². The largest absolute Gasteiger partial charge is 0.465 e. The Morgan fingerprint density at radius 3 is 2.80 bits per heavy atom. The molecule has 84 valence electrons. The molecule has 0 saturated carbocycles. The summed E-state index contributed by atoms with van der Waals surface area (Å²) in [5, 5.41) is 12.9. The second-order valence-corrected chi connectivity index (χ2v) is 4.05. The molecule has 3 unspecified atom stereocenters. The number of furan rings is 1. The van der Waals surface area contributed by atoms with Crippen LogP contribution in [0.1, 0.15) is 24.5 Å². The smallest absolute Gasteiger partial charge is 0.120 e. The average Bonchev–Trinajstić information content (AvgIpc) is 2.77. The predicted molar refractivity (Wildman–Crippen MR) is 55.6 cm³/mol. The molecule has 1 fully saturated rings. The van der Waals surface area contributed by atoms with Gasteiger partial charge in [-0.15, -0.1) is 0 Å². The van der Waals surface area contributed by atoms with Crippen molar-refractivity contribution in [1.82, 2.24) is 5.32 Å². The van der Waals surface area contributed by atoms with Gasteiger partial charge in [0.25, 0.3) is 0 Å². The van der Waals surface area contributed by atoms with E-state index in [2.05, 4.69) is 5.32 Å². The molecule has 0 aromatic carbocycles. The van der Waals surface area contributed by atoms with Gasteiger partial charge in [-0.3, -0.25) is 0 Å². The average molecular weight is 211 g/mol. The van der Waals surface area contributed by atoms with Gasteiger partial charge in [-0.25, -0.2) is 0 Å². The fourth-order valence-corrected chi connectivity index (χ4v) is 1.79. The number of hydrogen-bond donors (Lipinski definition) is 2. The molecule has 4 heteroatoms. The SMILES string of the molecule is Cc1ccc(C(C)NC2COCC2O)o1. The first-order valence-corrected chi connectivity index (χ1v) is 5.25. The van der Waals surface area contributed by atoms with Gasteiger partial charge in [-0.1, -0.05) is 0 Å². The highest BCUT2D eigenvalue weighted by atomic mass is 16.5. The third-order valence-corrected chi connectivity index (χ3v) is 2.70. The molecule has 0 spiro atoms. The van der Waals surface area contributed by atoms with E-state index in [0.717, 1.165) is 11.5 Å². The quantitative estimate of drug-likeness (QED) is 0.783. The maximum atomic E-state index is 9.57. The van der Waals surface area contributed by atoms with Crippen LogP contribution in [0.25, 0.3) is 0 Å². The Morgan fingerprint density at radius 2 is 2.27 bits per heavy atom. The van der Waals surface area contributed by atoms with Gasteiger partial charge in [-0.2, -0.15) is 0 Å². The molecule has 1 aliphatic heterocycles. The first-order valence-electron chi connectivity index (χ1n) is 5.25. The van der Waals surface area contributed by atoms with Crippen LogP contribution in [0.15, 0.2) is 16.5 Å². The molecule has 0 radical (unpaired) electrons. The van der Waals surface area contributed by atoms with E-state index in [1.807, 2.05) is 26.0 Å². The van der Waals surface area contributed by atoms with Gasteiger partial charge >= 0.3 is 0 Å². The van der Waals surface area contributed by atoms with Gasteiger partial charge in [0.2, 0.25) is 0 Å². The van der Waals surface area contributed by atoms with E-state index in [0.29, 0.717) is 13.2 Å². The second kappa shape index (κ2) is 4.35. The third-order valence-electron chi connectivity index (χ3n) is 2.70. The Kier molecular flexibility index (Phi) is 3.09. The molecule has 0 bridgehead atoms. The Bertz CT molecular complexity index is 323. The number of rotatable bonds is 3.